The second kappa shape index (κ2) is 7.68. The fraction of sp³-hybridized carbons (Fsp3) is 0.300. The lowest BCUT2D eigenvalue weighted by atomic mass is 10.2. The molecule has 1 saturated heterocycles. The van der Waals surface area contributed by atoms with Crippen molar-refractivity contribution in [2.24, 2.45) is 0 Å². The van der Waals surface area contributed by atoms with Crippen LogP contribution in [-0.4, -0.2) is 60.0 Å². The first-order valence-electron chi connectivity index (χ1n) is 8.80. The first-order valence-corrected chi connectivity index (χ1v) is 8.80. The first kappa shape index (κ1) is 16.8. The summed E-state index contributed by atoms with van der Waals surface area (Å²) in [5, 5.41) is 0. The highest BCUT2D eigenvalue weighted by atomic mass is 16.5. The largest absolute Gasteiger partial charge is 0.491 e. The molecule has 1 aliphatic heterocycles. The van der Waals surface area contributed by atoms with Gasteiger partial charge in [0.15, 0.2) is 6.29 Å². The minimum Gasteiger partial charge on any atom is -0.491 e. The van der Waals surface area contributed by atoms with Crippen molar-refractivity contribution in [1.82, 2.24) is 14.3 Å². The molecule has 6 nitrogen and oxygen atoms in total. The van der Waals surface area contributed by atoms with Gasteiger partial charge in [-0.2, -0.15) is 0 Å². The Morgan fingerprint density at radius 2 is 2.08 bits per heavy atom. The van der Waals surface area contributed by atoms with E-state index in [0.717, 1.165) is 61.8 Å². The van der Waals surface area contributed by atoms with Crippen LogP contribution in [0.5, 0.6) is 5.75 Å². The summed E-state index contributed by atoms with van der Waals surface area (Å²) in [6.07, 6.45) is 4.52. The van der Waals surface area contributed by atoms with Gasteiger partial charge >= 0.3 is 0 Å². The number of carbonyl (C=O) groups is 1. The topological polar surface area (TPSA) is 56.1 Å². The molecule has 6 heteroatoms. The zero-order valence-corrected chi connectivity index (χ0v) is 14.5. The molecule has 1 aliphatic rings. The minimum atomic E-state index is 0.620. The van der Waals surface area contributed by atoms with E-state index in [1.807, 2.05) is 47.0 Å². The monoisotopic (exact) mass is 351 g/mol. The third kappa shape index (κ3) is 3.47. The van der Waals surface area contributed by atoms with Crippen LogP contribution in [0.15, 0.2) is 48.8 Å². The van der Waals surface area contributed by atoms with E-state index in [1.165, 1.54) is 0 Å². The predicted molar refractivity (Wildman–Crippen MR) is 98.8 cm³/mol. The van der Waals surface area contributed by atoms with Gasteiger partial charge < -0.3 is 13.9 Å². The number of aldehydes is 1. The molecule has 134 valence electrons. The summed E-state index contributed by atoms with van der Waals surface area (Å²) in [4.78, 5) is 18.3. The molecule has 0 bridgehead atoms. The molecule has 0 radical (unpaired) electrons. The summed E-state index contributed by atoms with van der Waals surface area (Å²) in [5.41, 5.74) is 3.15. The number of nitrogens with zero attached hydrogens (tertiary/aromatic N) is 3. The Hall–Kier alpha value is -2.70. The van der Waals surface area contributed by atoms with Crippen molar-refractivity contribution in [3.63, 3.8) is 0 Å². The van der Waals surface area contributed by atoms with Crippen LogP contribution < -0.4 is 4.74 Å². The Morgan fingerprint density at radius 3 is 2.85 bits per heavy atom. The van der Waals surface area contributed by atoms with Crippen molar-refractivity contribution in [1.29, 1.82) is 0 Å². The van der Waals surface area contributed by atoms with Crippen LogP contribution in [-0.2, 0) is 4.74 Å². The second-order valence-electron chi connectivity index (χ2n) is 6.24. The first-order chi connectivity index (χ1) is 12.8. The third-order valence-corrected chi connectivity index (χ3v) is 4.60. The number of hydrogen-bond acceptors (Lipinski definition) is 5. The second-order valence-corrected chi connectivity index (χ2v) is 6.24. The number of rotatable bonds is 6. The van der Waals surface area contributed by atoms with Gasteiger partial charge in [-0.05, 0) is 30.3 Å². The van der Waals surface area contributed by atoms with Crippen LogP contribution in [0.2, 0.25) is 0 Å². The van der Waals surface area contributed by atoms with Crippen LogP contribution >= 0.6 is 0 Å². The number of aromatic nitrogens is 2. The van der Waals surface area contributed by atoms with Gasteiger partial charge in [0, 0.05) is 36.9 Å². The van der Waals surface area contributed by atoms with Crippen LogP contribution in [0.4, 0.5) is 0 Å². The maximum Gasteiger partial charge on any atom is 0.152 e. The molecule has 0 unspecified atom stereocenters. The smallest absolute Gasteiger partial charge is 0.152 e. The van der Waals surface area contributed by atoms with Crippen molar-refractivity contribution in [3.05, 3.63) is 54.4 Å². The minimum absolute atomic E-state index is 0.620. The molecular weight excluding hydrogens is 330 g/mol. The van der Waals surface area contributed by atoms with Crippen molar-refractivity contribution in [2.75, 3.05) is 39.5 Å². The lowest BCUT2D eigenvalue weighted by Crippen LogP contribution is -2.38. The number of pyridine rings is 2. The van der Waals surface area contributed by atoms with E-state index < -0.39 is 0 Å². The highest BCUT2D eigenvalue weighted by molar-refractivity contribution is 5.89. The number of ether oxygens (including phenoxy) is 2. The molecule has 0 amide bonds. The SMILES string of the molecule is O=Cc1cc2ccccn2c1-c1ccc(OCCN2CCOCC2)cn1. The third-order valence-electron chi connectivity index (χ3n) is 4.60. The Bertz CT molecular complexity index is 883. The number of hydrogen-bond donors (Lipinski definition) is 0. The highest BCUT2D eigenvalue weighted by Crippen LogP contribution is 2.26. The van der Waals surface area contributed by atoms with Gasteiger partial charge in [0.2, 0.25) is 0 Å². The highest BCUT2D eigenvalue weighted by Gasteiger charge is 2.13. The molecule has 0 spiro atoms. The van der Waals surface area contributed by atoms with E-state index in [-0.39, 0.29) is 0 Å². The summed E-state index contributed by atoms with van der Waals surface area (Å²) in [6.45, 7) is 4.99. The van der Waals surface area contributed by atoms with Crippen LogP contribution in [0.25, 0.3) is 16.9 Å². The molecule has 0 N–H and O–H groups in total. The van der Waals surface area contributed by atoms with Gasteiger partial charge in [0.25, 0.3) is 0 Å². The molecule has 0 aromatic carbocycles. The van der Waals surface area contributed by atoms with Gasteiger partial charge in [-0.15, -0.1) is 0 Å². The van der Waals surface area contributed by atoms with Gasteiger partial charge in [-0.1, -0.05) is 6.07 Å². The average Bonchev–Trinajstić information content (AvgIpc) is 3.08. The molecule has 0 saturated carbocycles. The van der Waals surface area contributed by atoms with Crippen LogP contribution in [0.1, 0.15) is 10.4 Å². The maximum absolute atomic E-state index is 11.4. The van der Waals surface area contributed by atoms with E-state index in [1.54, 1.807) is 6.20 Å². The van der Waals surface area contributed by atoms with Gasteiger partial charge in [0.1, 0.15) is 12.4 Å². The van der Waals surface area contributed by atoms with Gasteiger partial charge in [0.05, 0.1) is 30.8 Å². The van der Waals surface area contributed by atoms with Gasteiger partial charge in [-0.25, -0.2) is 0 Å². The number of morpholine rings is 1. The van der Waals surface area contributed by atoms with Crippen LogP contribution in [0, 0.1) is 0 Å². The Kier molecular flexibility index (Phi) is 4.95. The van der Waals surface area contributed by atoms with E-state index in [0.29, 0.717) is 12.2 Å². The molecule has 1 fully saturated rings. The Labute approximate surface area is 152 Å². The number of carbonyl (C=O) groups excluding carboxylic acids is 1. The molecule has 3 aromatic rings. The summed E-state index contributed by atoms with van der Waals surface area (Å²) in [6, 6.07) is 11.5. The Balaban J connectivity index is 1.47. The molecule has 0 aliphatic carbocycles. The van der Waals surface area contributed by atoms with E-state index in [2.05, 4.69) is 9.88 Å². The zero-order valence-electron chi connectivity index (χ0n) is 14.5. The lowest BCUT2D eigenvalue weighted by Gasteiger charge is -2.26. The molecule has 4 rings (SSSR count). The fourth-order valence-electron chi connectivity index (χ4n) is 3.23. The Morgan fingerprint density at radius 1 is 1.19 bits per heavy atom. The lowest BCUT2D eigenvalue weighted by molar-refractivity contribution is 0.0322. The normalized spacial score (nSPS) is 15.2. The summed E-state index contributed by atoms with van der Waals surface area (Å²) in [5.74, 6) is 0.732. The molecule has 26 heavy (non-hydrogen) atoms. The zero-order chi connectivity index (χ0) is 17.8. The van der Waals surface area contributed by atoms with Crippen LogP contribution in [0.3, 0.4) is 0 Å². The molecule has 0 atom stereocenters. The molecule has 4 heterocycles. The summed E-state index contributed by atoms with van der Waals surface area (Å²) < 4.78 is 13.1. The van der Waals surface area contributed by atoms with E-state index in [4.69, 9.17) is 9.47 Å². The van der Waals surface area contributed by atoms with Crippen molar-refractivity contribution >= 4 is 11.8 Å². The van der Waals surface area contributed by atoms with E-state index in [9.17, 15) is 4.79 Å². The number of fused-ring (bicyclic) bond motifs is 1. The summed E-state index contributed by atoms with van der Waals surface area (Å²) in [7, 11) is 0. The van der Waals surface area contributed by atoms with Crippen molar-refractivity contribution in [2.45, 2.75) is 0 Å². The standard InChI is InChI=1S/C20H21N3O3/c24-15-16-13-17-3-1-2-6-23(17)20(16)19-5-4-18(14-21-19)26-12-9-22-7-10-25-11-8-22/h1-6,13-15H,7-12H2. The van der Waals surface area contributed by atoms with Gasteiger partial charge in [-0.3, -0.25) is 14.7 Å². The molecular formula is C20H21N3O3. The fourth-order valence-corrected chi connectivity index (χ4v) is 3.23. The van der Waals surface area contributed by atoms with E-state index >= 15 is 0 Å². The van der Waals surface area contributed by atoms with Crippen molar-refractivity contribution < 1.29 is 14.3 Å². The molecule has 3 aromatic heterocycles. The average molecular weight is 351 g/mol. The maximum atomic E-state index is 11.4. The van der Waals surface area contributed by atoms with Crippen molar-refractivity contribution in [3.8, 4) is 17.1 Å². The summed E-state index contributed by atoms with van der Waals surface area (Å²) >= 11 is 0. The quantitative estimate of drug-likeness (QED) is 0.639. The predicted octanol–water partition coefficient (Wildman–Crippen LogP) is 2.52.